The summed E-state index contributed by atoms with van der Waals surface area (Å²) in [5.74, 6) is -1.33. The van der Waals surface area contributed by atoms with Gasteiger partial charge in [-0.3, -0.25) is 19.7 Å². The number of benzene rings is 4. The van der Waals surface area contributed by atoms with E-state index >= 15 is 0 Å². The SMILES string of the molecule is O=C(COc1ccc(Br)cc1/C=C1\C(=O)NC(=O)N(c2ccc(OCc3ccccc3)cc2)C1=O)Nc1ccc(Cl)cc1. The maximum absolute atomic E-state index is 13.5. The predicted octanol–water partition coefficient (Wildman–Crippen LogP) is 6.37. The van der Waals surface area contributed by atoms with E-state index < -0.39 is 23.8 Å². The Balaban J connectivity index is 1.32. The van der Waals surface area contributed by atoms with Crippen molar-refractivity contribution in [3.8, 4) is 11.5 Å². The first kappa shape index (κ1) is 29.6. The summed E-state index contributed by atoms with van der Waals surface area (Å²) in [6, 6.07) is 26.6. The molecule has 1 aliphatic rings. The highest BCUT2D eigenvalue weighted by Gasteiger charge is 2.37. The fourth-order valence-electron chi connectivity index (χ4n) is 4.12. The van der Waals surface area contributed by atoms with E-state index in [0.29, 0.717) is 33.1 Å². The van der Waals surface area contributed by atoms with E-state index in [-0.39, 0.29) is 23.6 Å². The molecule has 0 aromatic heterocycles. The van der Waals surface area contributed by atoms with Gasteiger partial charge in [-0.1, -0.05) is 57.9 Å². The van der Waals surface area contributed by atoms with Crippen LogP contribution in [-0.4, -0.2) is 30.4 Å². The van der Waals surface area contributed by atoms with Crippen LogP contribution >= 0.6 is 27.5 Å². The van der Waals surface area contributed by atoms with Crippen LogP contribution in [0.4, 0.5) is 16.2 Å². The second-order valence-electron chi connectivity index (χ2n) is 9.25. The van der Waals surface area contributed by atoms with E-state index in [1.54, 1.807) is 66.7 Å². The lowest BCUT2D eigenvalue weighted by Crippen LogP contribution is -2.54. The molecule has 0 bridgehead atoms. The molecule has 43 heavy (non-hydrogen) atoms. The second kappa shape index (κ2) is 13.4. The Labute approximate surface area is 260 Å². The highest BCUT2D eigenvalue weighted by molar-refractivity contribution is 9.10. The zero-order valence-corrected chi connectivity index (χ0v) is 24.7. The molecule has 1 fully saturated rings. The molecule has 2 N–H and O–H groups in total. The van der Waals surface area contributed by atoms with Crippen molar-refractivity contribution >= 4 is 68.7 Å². The molecule has 0 atom stereocenters. The molecule has 4 aromatic rings. The first-order chi connectivity index (χ1) is 20.8. The molecule has 5 rings (SSSR count). The third-order valence-corrected chi connectivity index (χ3v) is 6.95. The van der Waals surface area contributed by atoms with Crippen molar-refractivity contribution in [1.82, 2.24) is 5.32 Å². The van der Waals surface area contributed by atoms with Crippen molar-refractivity contribution in [2.45, 2.75) is 6.61 Å². The van der Waals surface area contributed by atoms with E-state index in [1.807, 2.05) is 30.3 Å². The fourth-order valence-corrected chi connectivity index (χ4v) is 4.62. The molecule has 0 unspecified atom stereocenters. The number of halogens is 2. The van der Waals surface area contributed by atoms with Crippen molar-refractivity contribution in [2.75, 3.05) is 16.8 Å². The third kappa shape index (κ3) is 7.48. The lowest BCUT2D eigenvalue weighted by molar-refractivity contribution is -0.122. The number of imide groups is 2. The quantitative estimate of drug-likeness (QED) is 0.159. The van der Waals surface area contributed by atoms with Crippen LogP contribution in [0.2, 0.25) is 5.02 Å². The van der Waals surface area contributed by atoms with Crippen LogP contribution < -0.4 is 25.0 Å². The number of hydrogen-bond acceptors (Lipinski definition) is 6. The van der Waals surface area contributed by atoms with Crippen molar-refractivity contribution in [3.05, 3.63) is 123 Å². The summed E-state index contributed by atoms with van der Waals surface area (Å²) in [5, 5.41) is 5.44. The zero-order chi connectivity index (χ0) is 30.3. The molecular weight excluding hydrogens is 638 g/mol. The van der Waals surface area contributed by atoms with E-state index in [0.717, 1.165) is 10.5 Å². The molecule has 0 aliphatic carbocycles. The van der Waals surface area contributed by atoms with Gasteiger partial charge in [0.05, 0.1) is 5.69 Å². The number of anilines is 2. The molecule has 9 nitrogen and oxygen atoms in total. The topological polar surface area (TPSA) is 114 Å². The molecule has 0 radical (unpaired) electrons. The third-order valence-electron chi connectivity index (χ3n) is 6.20. The van der Waals surface area contributed by atoms with Gasteiger partial charge in [0.2, 0.25) is 0 Å². The Bertz CT molecular complexity index is 1710. The van der Waals surface area contributed by atoms with Gasteiger partial charge in [0.25, 0.3) is 17.7 Å². The van der Waals surface area contributed by atoms with Crippen LogP contribution in [-0.2, 0) is 21.0 Å². The molecule has 1 saturated heterocycles. The summed E-state index contributed by atoms with van der Waals surface area (Å²) in [4.78, 5) is 52.2. The highest BCUT2D eigenvalue weighted by Crippen LogP contribution is 2.29. The molecule has 11 heteroatoms. The molecule has 0 spiro atoms. The molecule has 1 heterocycles. The van der Waals surface area contributed by atoms with Gasteiger partial charge in [0, 0.05) is 20.7 Å². The largest absolute Gasteiger partial charge is 0.489 e. The number of barbiturate groups is 1. The van der Waals surface area contributed by atoms with Crippen LogP contribution in [0.15, 0.2) is 107 Å². The monoisotopic (exact) mass is 659 g/mol. The predicted molar refractivity (Wildman–Crippen MR) is 166 cm³/mol. The van der Waals surface area contributed by atoms with Crippen LogP contribution in [0.3, 0.4) is 0 Å². The van der Waals surface area contributed by atoms with Crippen molar-refractivity contribution in [2.24, 2.45) is 0 Å². The number of nitrogens with zero attached hydrogens (tertiary/aromatic N) is 1. The van der Waals surface area contributed by atoms with Crippen molar-refractivity contribution < 1.29 is 28.7 Å². The first-order valence-electron chi connectivity index (χ1n) is 12.9. The number of carbonyl (C=O) groups excluding carboxylic acids is 4. The fraction of sp³-hybridized carbons (Fsp3) is 0.0625. The summed E-state index contributed by atoms with van der Waals surface area (Å²) in [6.45, 7) is 0.00834. The van der Waals surface area contributed by atoms with Crippen LogP contribution in [0.1, 0.15) is 11.1 Å². The van der Waals surface area contributed by atoms with E-state index in [2.05, 4.69) is 26.6 Å². The molecule has 216 valence electrons. The minimum absolute atomic E-state index is 0.242. The molecule has 0 saturated carbocycles. The Hall–Kier alpha value is -4.93. The minimum atomic E-state index is -0.880. The number of carbonyl (C=O) groups is 4. The smallest absolute Gasteiger partial charge is 0.335 e. The number of amides is 5. The Morgan fingerprint density at radius 3 is 2.35 bits per heavy atom. The van der Waals surface area contributed by atoms with Gasteiger partial charge in [0.15, 0.2) is 6.61 Å². The molecule has 5 amide bonds. The maximum atomic E-state index is 13.5. The van der Waals surface area contributed by atoms with Gasteiger partial charge >= 0.3 is 6.03 Å². The highest BCUT2D eigenvalue weighted by atomic mass is 79.9. The maximum Gasteiger partial charge on any atom is 0.335 e. The van der Waals surface area contributed by atoms with Gasteiger partial charge in [0.1, 0.15) is 23.7 Å². The summed E-state index contributed by atoms with van der Waals surface area (Å²) in [5.41, 5.74) is 1.82. The summed E-state index contributed by atoms with van der Waals surface area (Å²) < 4.78 is 12.1. The van der Waals surface area contributed by atoms with E-state index in [1.165, 1.54) is 6.08 Å². The summed E-state index contributed by atoms with van der Waals surface area (Å²) in [7, 11) is 0. The Morgan fingerprint density at radius 2 is 1.63 bits per heavy atom. The van der Waals surface area contributed by atoms with Gasteiger partial charge in [-0.15, -0.1) is 0 Å². The minimum Gasteiger partial charge on any atom is -0.489 e. The van der Waals surface area contributed by atoms with Crippen LogP contribution in [0, 0.1) is 0 Å². The van der Waals surface area contributed by atoms with Gasteiger partial charge in [-0.25, -0.2) is 9.69 Å². The molecule has 1 aliphatic heterocycles. The standard InChI is InChI=1S/C32H23BrClN3O6/c33-22-6-15-28(43-19-29(38)35-24-9-7-23(34)8-10-24)21(16-22)17-27-30(39)36-32(41)37(31(27)40)25-11-13-26(14-12-25)42-18-20-4-2-1-3-5-20/h1-17H,18-19H2,(H,35,38)(H,36,39,41)/b27-17+. The average molecular weight is 661 g/mol. The molecular formula is C32H23BrClN3O6. The summed E-state index contributed by atoms with van der Waals surface area (Å²) >= 11 is 9.26. The normalized spacial score (nSPS) is 14.0. The first-order valence-corrected chi connectivity index (χ1v) is 14.1. The van der Waals surface area contributed by atoms with Crippen LogP contribution in [0.5, 0.6) is 11.5 Å². The number of rotatable bonds is 9. The lowest BCUT2D eigenvalue weighted by atomic mass is 10.1. The number of hydrogen-bond donors (Lipinski definition) is 2. The van der Waals surface area contributed by atoms with Gasteiger partial charge in [-0.05, 0) is 78.4 Å². The number of ether oxygens (including phenoxy) is 2. The van der Waals surface area contributed by atoms with Crippen molar-refractivity contribution in [1.29, 1.82) is 0 Å². The number of nitrogens with one attached hydrogen (secondary N) is 2. The van der Waals surface area contributed by atoms with Crippen molar-refractivity contribution in [3.63, 3.8) is 0 Å². The Kier molecular flexibility index (Phi) is 9.19. The molecule has 4 aromatic carbocycles. The van der Waals surface area contributed by atoms with E-state index in [9.17, 15) is 19.2 Å². The lowest BCUT2D eigenvalue weighted by Gasteiger charge is -2.26. The van der Waals surface area contributed by atoms with Gasteiger partial charge < -0.3 is 14.8 Å². The number of urea groups is 1. The Morgan fingerprint density at radius 1 is 0.907 bits per heavy atom. The summed E-state index contributed by atoms with van der Waals surface area (Å²) in [6.07, 6.45) is 1.31. The average Bonchev–Trinajstić information content (AvgIpc) is 3.00. The van der Waals surface area contributed by atoms with E-state index in [4.69, 9.17) is 21.1 Å². The van der Waals surface area contributed by atoms with Gasteiger partial charge in [-0.2, -0.15) is 0 Å². The zero-order valence-electron chi connectivity index (χ0n) is 22.4. The second-order valence-corrected chi connectivity index (χ2v) is 10.6. The van der Waals surface area contributed by atoms with Crippen LogP contribution in [0.25, 0.3) is 6.08 Å².